The molecule has 1 fully saturated rings. The van der Waals surface area contributed by atoms with Crippen LogP contribution in [0.5, 0.6) is 5.75 Å². The van der Waals surface area contributed by atoms with Gasteiger partial charge in [-0.25, -0.2) is 0 Å². The number of anilines is 1. The third kappa shape index (κ3) is 3.45. The number of carbonyl (C=O) groups excluding carboxylic acids is 2. The van der Waals surface area contributed by atoms with Crippen molar-refractivity contribution in [3.05, 3.63) is 24.3 Å². The molecule has 1 aromatic rings. The molecule has 3 N–H and O–H groups in total. The van der Waals surface area contributed by atoms with E-state index in [2.05, 4.69) is 16.0 Å². The summed E-state index contributed by atoms with van der Waals surface area (Å²) in [5.41, 5.74) is 0.632. The fourth-order valence-electron chi connectivity index (χ4n) is 1.82. The summed E-state index contributed by atoms with van der Waals surface area (Å²) in [6.07, 6.45) is 0. The summed E-state index contributed by atoms with van der Waals surface area (Å²) in [5.74, 6) is 0.351. The zero-order chi connectivity index (χ0) is 13.7. The molecular formula is C13H17N3O3. The van der Waals surface area contributed by atoms with Crippen molar-refractivity contribution in [1.29, 1.82) is 0 Å². The van der Waals surface area contributed by atoms with Gasteiger partial charge in [0.25, 0.3) is 0 Å². The quantitative estimate of drug-likeness (QED) is 0.720. The normalized spacial score (nSPS) is 18.6. The summed E-state index contributed by atoms with van der Waals surface area (Å²) in [4.78, 5) is 23.1. The van der Waals surface area contributed by atoms with E-state index in [1.165, 1.54) is 0 Å². The van der Waals surface area contributed by atoms with Crippen LogP contribution in [0.25, 0.3) is 0 Å². The van der Waals surface area contributed by atoms with Crippen molar-refractivity contribution in [2.24, 2.45) is 0 Å². The number of rotatable bonds is 4. The number of benzene rings is 1. The molecule has 1 aromatic carbocycles. The summed E-state index contributed by atoms with van der Waals surface area (Å²) < 4.78 is 5.44. The van der Waals surface area contributed by atoms with Gasteiger partial charge in [-0.3, -0.25) is 14.9 Å². The lowest BCUT2D eigenvalue weighted by atomic mass is 10.2. The summed E-state index contributed by atoms with van der Waals surface area (Å²) >= 11 is 0. The first-order valence-corrected chi connectivity index (χ1v) is 6.23. The van der Waals surface area contributed by atoms with Crippen LogP contribution in [0.4, 0.5) is 5.69 Å². The molecule has 0 aromatic heterocycles. The Morgan fingerprint density at radius 1 is 1.47 bits per heavy atom. The highest BCUT2D eigenvalue weighted by molar-refractivity contribution is 5.97. The fourth-order valence-corrected chi connectivity index (χ4v) is 1.82. The average Bonchev–Trinajstić information content (AvgIpc) is 2.42. The molecule has 1 heterocycles. The van der Waals surface area contributed by atoms with Crippen LogP contribution < -0.4 is 20.7 Å². The fraction of sp³-hybridized carbons (Fsp3) is 0.385. The maximum atomic E-state index is 12.1. The second kappa shape index (κ2) is 6.19. The molecule has 19 heavy (non-hydrogen) atoms. The van der Waals surface area contributed by atoms with Crippen molar-refractivity contribution in [3.63, 3.8) is 0 Å². The van der Waals surface area contributed by atoms with Gasteiger partial charge in [0.05, 0.1) is 18.8 Å². The Bertz CT molecular complexity index is 466. The van der Waals surface area contributed by atoms with Crippen LogP contribution in [0.3, 0.4) is 0 Å². The smallest absolute Gasteiger partial charge is 0.243 e. The highest BCUT2D eigenvalue weighted by Crippen LogP contribution is 2.23. The Kier molecular flexibility index (Phi) is 4.35. The maximum Gasteiger partial charge on any atom is 0.243 e. The molecular weight excluding hydrogens is 246 g/mol. The van der Waals surface area contributed by atoms with E-state index >= 15 is 0 Å². The highest BCUT2D eigenvalue weighted by atomic mass is 16.5. The zero-order valence-corrected chi connectivity index (χ0v) is 10.7. The highest BCUT2D eigenvalue weighted by Gasteiger charge is 2.24. The molecule has 1 unspecified atom stereocenters. The monoisotopic (exact) mass is 263 g/mol. The molecule has 6 nitrogen and oxygen atoms in total. The van der Waals surface area contributed by atoms with Crippen molar-refractivity contribution < 1.29 is 14.3 Å². The lowest BCUT2D eigenvalue weighted by Gasteiger charge is -2.23. The molecule has 2 amide bonds. The Hall–Kier alpha value is -2.08. The average molecular weight is 263 g/mol. The maximum absolute atomic E-state index is 12.1. The van der Waals surface area contributed by atoms with Gasteiger partial charge in [0.1, 0.15) is 11.8 Å². The first kappa shape index (κ1) is 13.4. The van der Waals surface area contributed by atoms with Crippen molar-refractivity contribution in [2.45, 2.75) is 13.0 Å². The Morgan fingerprint density at radius 3 is 2.95 bits per heavy atom. The molecule has 1 atom stereocenters. The summed E-state index contributed by atoms with van der Waals surface area (Å²) in [6, 6.07) is 6.83. The molecule has 1 saturated heterocycles. The van der Waals surface area contributed by atoms with Gasteiger partial charge in [-0.2, -0.15) is 0 Å². The first-order chi connectivity index (χ1) is 9.20. The largest absolute Gasteiger partial charge is 0.492 e. The lowest BCUT2D eigenvalue weighted by molar-refractivity contribution is -0.124. The zero-order valence-electron chi connectivity index (χ0n) is 10.7. The van der Waals surface area contributed by atoms with Gasteiger partial charge in [-0.05, 0) is 19.1 Å². The van der Waals surface area contributed by atoms with E-state index in [1.807, 2.05) is 19.1 Å². The minimum Gasteiger partial charge on any atom is -0.492 e. The first-order valence-electron chi connectivity index (χ1n) is 6.23. The third-order valence-electron chi connectivity index (χ3n) is 2.77. The van der Waals surface area contributed by atoms with Crippen molar-refractivity contribution in [3.8, 4) is 5.75 Å². The molecule has 0 spiro atoms. The predicted molar refractivity (Wildman–Crippen MR) is 71.0 cm³/mol. The van der Waals surface area contributed by atoms with Crippen LogP contribution in [-0.2, 0) is 9.59 Å². The van der Waals surface area contributed by atoms with Gasteiger partial charge in [0.15, 0.2) is 0 Å². The third-order valence-corrected chi connectivity index (χ3v) is 2.77. The van der Waals surface area contributed by atoms with E-state index in [9.17, 15) is 9.59 Å². The Morgan fingerprint density at radius 2 is 2.26 bits per heavy atom. The molecule has 0 bridgehead atoms. The second-order valence-electron chi connectivity index (χ2n) is 4.16. The van der Waals surface area contributed by atoms with Gasteiger partial charge >= 0.3 is 0 Å². The predicted octanol–water partition coefficient (Wildman–Crippen LogP) is 0.112. The van der Waals surface area contributed by atoms with E-state index in [0.717, 1.165) is 0 Å². The molecule has 0 radical (unpaired) electrons. The summed E-state index contributed by atoms with van der Waals surface area (Å²) in [6.45, 7) is 2.87. The van der Waals surface area contributed by atoms with Crippen molar-refractivity contribution >= 4 is 17.5 Å². The summed E-state index contributed by atoms with van der Waals surface area (Å²) in [7, 11) is 0. The minimum absolute atomic E-state index is 0.0984. The number of ether oxygens (including phenoxy) is 1. The molecule has 102 valence electrons. The van der Waals surface area contributed by atoms with Gasteiger partial charge in [-0.1, -0.05) is 12.1 Å². The molecule has 0 saturated carbocycles. The minimum atomic E-state index is -0.424. The van der Waals surface area contributed by atoms with E-state index < -0.39 is 6.04 Å². The molecule has 1 aliphatic heterocycles. The number of hydrogen-bond donors (Lipinski definition) is 3. The van der Waals surface area contributed by atoms with Gasteiger partial charge < -0.3 is 15.4 Å². The van der Waals surface area contributed by atoms with Gasteiger partial charge in [0, 0.05) is 6.54 Å². The number of nitrogens with one attached hydrogen (secondary N) is 3. The van der Waals surface area contributed by atoms with Gasteiger partial charge in [0.2, 0.25) is 11.8 Å². The molecule has 6 heteroatoms. The van der Waals surface area contributed by atoms with E-state index in [4.69, 9.17) is 4.74 Å². The van der Waals surface area contributed by atoms with Crippen LogP contribution >= 0.6 is 0 Å². The van der Waals surface area contributed by atoms with E-state index in [0.29, 0.717) is 24.6 Å². The Labute approximate surface area is 111 Å². The van der Waals surface area contributed by atoms with Crippen molar-refractivity contribution in [2.75, 3.05) is 25.0 Å². The Balaban J connectivity index is 2.00. The standard InChI is InChI=1S/C13H17N3O3/c1-2-19-11-6-4-3-5-9(11)16-13(18)10-7-15-12(17)8-14-10/h3-6,10,14H,2,7-8H2,1H3,(H,15,17)(H,16,18). The van der Waals surface area contributed by atoms with Gasteiger partial charge in [-0.15, -0.1) is 0 Å². The number of piperazine rings is 1. The van der Waals surface area contributed by atoms with Crippen molar-refractivity contribution in [1.82, 2.24) is 10.6 Å². The number of carbonyl (C=O) groups is 2. The van der Waals surface area contributed by atoms with Crippen LogP contribution in [0.2, 0.25) is 0 Å². The second-order valence-corrected chi connectivity index (χ2v) is 4.16. The topological polar surface area (TPSA) is 79.5 Å². The number of amides is 2. The lowest BCUT2D eigenvalue weighted by Crippen LogP contribution is -2.56. The molecule has 0 aliphatic carbocycles. The van der Waals surface area contributed by atoms with Crippen LogP contribution in [0.1, 0.15) is 6.92 Å². The number of para-hydroxylation sites is 2. The van der Waals surface area contributed by atoms with E-state index in [-0.39, 0.29) is 18.4 Å². The molecule has 2 rings (SSSR count). The van der Waals surface area contributed by atoms with E-state index in [1.54, 1.807) is 12.1 Å². The SMILES string of the molecule is CCOc1ccccc1NC(=O)C1CNC(=O)CN1. The summed E-state index contributed by atoms with van der Waals surface area (Å²) in [5, 5.41) is 8.32. The van der Waals surface area contributed by atoms with Crippen LogP contribution in [0, 0.1) is 0 Å². The number of hydrogen-bond acceptors (Lipinski definition) is 4. The molecule has 1 aliphatic rings. The van der Waals surface area contributed by atoms with Crippen LogP contribution in [-0.4, -0.2) is 37.6 Å². The van der Waals surface area contributed by atoms with Crippen LogP contribution in [0.15, 0.2) is 24.3 Å².